The van der Waals surface area contributed by atoms with Gasteiger partial charge in [-0.2, -0.15) is 17.6 Å². The molecule has 256 valence electrons. The van der Waals surface area contributed by atoms with Crippen LogP contribution in [0.15, 0.2) is 85.2 Å². The molecule has 0 aliphatic carbocycles. The number of benzene rings is 2. The molecule has 0 saturated heterocycles. The van der Waals surface area contributed by atoms with E-state index < -0.39 is 28.7 Å². The largest absolute Gasteiger partial charge is 0.457 e. The number of nitrogens with zero attached hydrogens (tertiary/aromatic N) is 2. The van der Waals surface area contributed by atoms with Crippen LogP contribution in [0.1, 0.15) is 47.3 Å². The van der Waals surface area contributed by atoms with Gasteiger partial charge in [0.15, 0.2) is 0 Å². The minimum absolute atomic E-state index is 0.0855. The number of hydrogen-bond acceptors (Lipinski definition) is 6. The van der Waals surface area contributed by atoms with E-state index in [1.54, 1.807) is 24.3 Å². The number of rotatable bonds is 14. The molecule has 0 unspecified atom stereocenters. The van der Waals surface area contributed by atoms with Gasteiger partial charge in [0.05, 0.1) is 10.6 Å². The summed E-state index contributed by atoms with van der Waals surface area (Å²) < 4.78 is 58.1. The zero-order valence-corrected chi connectivity index (χ0v) is 26.6. The van der Waals surface area contributed by atoms with Gasteiger partial charge in [-0.1, -0.05) is 24.4 Å². The number of unbranched alkanes of at least 4 members (excludes halogenated alkanes) is 3. The summed E-state index contributed by atoms with van der Waals surface area (Å²) in [6, 6.07) is 14.4. The van der Waals surface area contributed by atoms with Gasteiger partial charge >= 0.3 is 12.2 Å². The second kappa shape index (κ2) is 17.6. The van der Waals surface area contributed by atoms with Gasteiger partial charge in [-0.25, -0.2) is 9.78 Å². The third-order valence-electron chi connectivity index (χ3n) is 6.71. The van der Waals surface area contributed by atoms with E-state index in [-0.39, 0.29) is 23.2 Å². The maximum atomic E-state index is 13.1. The highest BCUT2D eigenvalue weighted by molar-refractivity contribution is 6.31. The summed E-state index contributed by atoms with van der Waals surface area (Å²) in [5, 5.41) is 9.96. The number of urea groups is 1. The van der Waals surface area contributed by atoms with E-state index in [9.17, 15) is 31.9 Å². The molecule has 4 N–H and O–H groups in total. The fourth-order valence-corrected chi connectivity index (χ4v) is 4.54. The first kappa shape index (κ1) is 36.3. The Labute approximate surface area is 283 Å². The van der Waals surface area contributed by atoms with Crippen molar-refractivity contribution in [3.8, 4) is 11.5 Å². The minimum atomic E-state index is -4.67. The van der Waals surface area contributed by atoms with Gasteiger partial charge < -0.3 is 26.0 Å². The molecule has 2 heterocycles. The number of halogens is 5. The SMILES string of the molecule is O=C(/C=C/c1ccnc(F)c1)NCCCCCCNC(=O)c1cc(Oc2ccc(NC(=O)Nc3ccc(Cl)c(C(F)(F)F)c3)cc2)ccn1. The number of nitrogens with one attached hydrogen (secondary N) is 4. The van der Waals surface area contributed by atoms with Crippen LogP contribution in [0.25, 0.3) is 6.08 Å². The minimum Gasteiger partial charge on any atom is -0.457 e. The van der Waals surface area contributed by atoms with Crippen LogP contribution in [0.3, 0.4) is 0 Å². The topological polar surface area (TPSA) is 134 Å². The molecule has 0 aliphatic heterocycles. The van der Waals surface area contributed by atoms with Gasteiger partial charge in [0, 0.05) is 55.1 Å². The quantitative estimate of drug-likeness (QED) is 0.0459. The molecule has 4 rings (SSSR count). The Morgan fingerprint density at radius 2 is 1.45 bits per heavy atom. The third-order valence-corrected chi connectivity index (χ3v) is 7.04. The van der Waals surface area contributed by atoms with Gasteiger partial charge in [-0.15, -0.1) is 0 Å². The Morgan fingerprint density at radius 1 is 0.776 bits per heavy atom. The van der Waals surface area contributed by atoms with Crippen molar-refractivity contribution in [2.45, 2.75) is 31.9 Å². The summed E-state index contributed by atoms with van der Waals surface area (Å²) in [5.74, 6) is -0.510. The molecule has 0 spiro atoms. The number of alkyl halides is 3. The number of anilines is 2. The molecule has 0 saturated carbocycles. The zero-order chi connectivity index (χ0) is 35.2. The second-order valence-corrected chi connectivity index (χ2v) is 10.9. The summed E-state index contributed by atoms with van der Waals surface area (Å²) in [7, 11) is 0. The summed E-state index contributed by atoms with van der Waals surface area (Å²) in [4.78, 5) is 44.4. The van der Waals surface area contributed by atoms with E-state index in [1.807, 2.05) is 0 Å². The van der Waals surface area contributed by atoms with Gasteiger partial charge in [0.25, 0.3) is 5.91 Å². The predicted molar refractivity (Wildman–Crippen MR) is 177 cm³/mol. The third kappa shape index (κ3) is 12.2. The van der Waals surface area contributed by atoms with Crippen LogP contribution >= 0.6 is 11.6 Å². The Balaban J connectivity index is 1.13. The van der Waals surface area contributed by atoms with E-state index in [1.165, 1.54) is 54.9 Å². The van der Waals surface area contributed by atoms with Crippen molar-refractivity contribution in [2.75, 3.05) is 23.7 Å². The summed E-state index contributed by atoms with van der Waals surface area (Å²) >= 11 is 5.61. The molecule has 0 atom stereocenters. The van der Waals surface area contributed by atoms with E-state index in [2.05, 4.69) is 31.2 Å². The molecular formula is C34H31ClF4N6O4. The maximum Gasteiger partial charge on any atom is 0.417 e. The van der Waals surface area contributed by atoms with Crippen LogP contribution in [0, 0.1) is 5.95 Å². The normalized spacial score (nSPS) is 11.2. The number of aromatic nitrogens is 2. The Kier molecular flexibility index (Phi) is 13.0. The highest BCUT2D eigenvalue weighted by atomic mass is 35.5. The lowest BCUT2D eigenvalue weighted by Gasteiger charge is -2.12. The monoisotopic (exact) mass is 698 g/mol. The molecule has 10 nitrogen and oxygen atoms in total. The number of carbonyl (C=O) groups excluding carboxylic acids is 3. The van der Waals surface area contributed by atoms with Crippen molar-refractivity contribution in [1.29, 1.82) is 0 Å². The number of pyridine rings is 2. The average Bonchev–Trinajstić information content (AvgIpc) is 3.06. The van der Waals surface area contributed by atoms with E-state index in [0.717, 1.165) is 37.8 Å². The van der Waals surface area contributed by atoms with Gasteiger partial charge in [-0.3, -0.25) is 14.6 Å². The molecule has 49 heavy (non-hydrogen) atoms. The average molecular weight is 699 g/mol. The van der Waals surface area contributed by atoms with Crippen molar-refractivity contribution >= 4 is 46.9 Å². The van der Waals surface area contributed by atoms with Gasteiger partial charge in [0.1, 0.15) is 17.2 Å². The molecule has 0 aliphatic rings. The smallest absolute Gasteiger partial charge is 0.417 e. The molecular weight excluding hydrogens is 668 g/mol. The number of ether oxygens (including phenoxy) is 1. The first-order chi connectivity index (χ1) is 23.5. The van der Waals surface area contributed by atoms with Crippen LogP contribution in [0.4, 0.5) is 33.7 Å². The molecule has 2 aromatic heterocycles. The van der Waals surface area contributed by atoms with Crippen molar-refractivity contribution in [3.63, 3.8) is 0 Å². The molecule has 4 aromatic rings. The highest BCUT2D eigenvalue weighted by Gasteiger charge is 2.33. The van der Waals surface area contributed by atoms with Crippen LogP contribution in [0.2, 0.25) is 5.02 Å². The highest BCUT2D eigenvalue weighted by Crippen LogP contribution is 2.36. The number of hydrogen-bond donors (Lipinski definition) is 4. The maximum absolute atomic E-state index is 13.1. The predicted octanol–water partition coefficient (Wildman–Crippen LogP) is 7.84. The Bertz CT molecular complexity index is 1790. The van der Waals surface area contributed by atoms with Crippen LogP contribution < -0.4 is 26.0 Å². The first-order valence-corrected chi connectivity index (χ1v) is 15.4. The van der Waals surface area contributed by atoms with E-state index >= 15 is 0 Å². The van der Waals surface area contributed by atoms with Crippen LogP contribution in [0.5, 0.6) is 11.5 Å². The molecule has 2 aromatic carbocycles. The van der Waals surface area contributed by atoms with Crippen LogP contribution in [-0.2, 0) is 11.0 Å². The fraction of sp³-hybridized carbons (Fsp3) is 0.206. The lowest BCUT2D eigenvalue weighted by atomic mass is 10.2. The molecule has 4 amide bonds. The van der Waals surface area contributed by atoms with Gasteiger partial charge in [-0.05, 0) is 79.1 Å². The lowest BCUT2D eigenvalue weighted by Crippen LogP contribution is -2.25. The lowest BCUT2D eigenvalue weighted by molar-refractivity contribution is -0.137. The Hall–Kier alpha value is -5.50. The number of carbonyl (C=O) groups is 3. The molecule has 0 bridgehead atoms. The summed E-state index contributed by atoms with van der Waals surface area (Å²) in [6.45, 7) is 0.928. The molecule has 0 fully saturated rings. The zero-order valence-electron chi connectivity index (χ0n) is 25.8. The molecule has 0 radical (unpaired) electrons. The van der Waals surface area contributed by atoms with E-state index in [0.29, 0.717) is 35.8 Å². The fourth-order valence-electron chi connectivity index (χ4n) is 4.31. The van der Waals surface area contributed by atoms with Gasteiger partial charge in [0.2, 0.25) is 11.9 Å². The van der Waals surface area contributed by atoms with Crippen LogP contribution in [-0.4, -0.2) is 40.9 Å². The summed E-state index contributed by atoms with van der Waals surface area (Å²) in [5.41, 5.74) is -0.0986. The number of amides is 4. The first-order valence-electron chi connectivity index (χ1n) is 15.0. The van der Waals surface area contributed by atoms with Crippen molar-refractivity contribution in [3.05, 3.63) is 113 Å². The van der Waals surface area contributed by atoms with E-state index in [4.69, 9.17) is 16.3 Å². The van der Waals surface area contributed by atoms with Crippen molar-refractivity contribution in [1.82, 2.24) is 20.6 Å². The molecule has 15 heteroatoms. The standard InChI is InChI=1S/C34H31ClF4N6O4/c35-28-11-8-24(20-27(28)34(37,38)39)45-33(48)44-23-6-9-25(10-7-23)49-26-14-18-40-29(21-26)32(47)43-16-4-2-1-3-15-42-31(46)12-5-22-13-17-41-30(36)19-22/h5-14,17-21H,1-4,15-16H2,(H,42,46)(H,43,47)(H2,44,45,48)/b12-5+. The van der Waals surface area contributed by atoms with Crippen molar-refractivity contribution < 1.29 is 36.7 Å². The second-order valence-electron chi connectivity index (χ2n) is 10.5. The summed E-state index contributed by atoms with van der Waals surface area (Å²) in [6.07, 6.45) is 4.12. The Morgan fingerprint density at radius 3 is 2.16 bits per heavy atom. The van der Waals surface area contributed by atoms with Crippen molar-refractivity contribution in [2.24, 2.45) is 0 Å².